The van der Waals surface area contributed by atoms with Crippen LogP contribution >= 0.6 is 0 Å². The predicted octanol–water partition coefficient (Wildman–Crippen LogP) is -0.689. The molecule has 1 aliphatic carbocycles. The minimum Gasteiger partial charge on any atom is -0.346 e. The van der Waals surface area contributed by atoms with Gasteiger partial charge in [0.15, 0.2) is 0 Å². The van der Waals surface area contributed by atoms with Gasteiger partial charge in [0, 0.05) is 20.1 Å². The predicted molar refractivity (Wildman–Crippen MR) is 79.3 cm³/mol. The lowest BCUT2D eigenvalue weighted by Crippen LogP contribution is -2.47. The summed E-state index contributed by atoms with van der Waals surface area (Å²) in [4.78, 5) is 38.1. The Labute approximate surface area is 125 Å². The molecule has 3 N–H and O–H groups in total. The zero-order chi connectivity index (χ0) is 15.8. The second-order valence-electron chi connectivity index (χ2n) is 5.53. The standard InChI is InChI=1S/C14H26N4O3/c1-17(13(20)9-16-12(19)8-15)10-14(21)18(2)11-6-4-3-5-7-11/h11H,3-10,15H2,1-2H3,(H,16,19). The summed E-state index contributed by atoms with van der Waals surface area (Å²) in [7, 11) is 3.36. The molecule has 120 valence electrons. The molecule has 7 heteroatoms. The number of rotatable bonds is 6. The Hall–Kier alpha value is -1.63. The molecule has 21 heavy (non-hydrogen) atoms. The molecule has 0 aromatic heterocycles. The van der Waals surface area contributed by atoms with Crippen LogP contribution in [0.25, 0.3) is 0 Å². The molecule has 1 rings (SSSR count). The molecule has 0 aromatic carbocycles. The van der Waals surface area contributed by atoms with Gasteiger partial charge in [-0.3, -0.25) is 14.4 Å². The van der Waals surface area contributed by atoms with Crippen molar-refractivity contribution in [2.75, 3.05) is 33.7 Å². The van der Waals surface area contributed by atoms with Crippen molar-refractivity contribution >= 4 is 17.7 Å². The molecule has 0 radical (unpaired) electrons. The highest BCUT2D eigenvalue weighted by Crippen LogP contribution is 2.21. The van der Waals surface area contributed by atoms with E-state index < -0.39 is 0 Å². The van der Waals surface area contributed by atoms with Crippen LogP contribution in [0.1, 0.15) is 32.1 Å². The third-order valence-corrected chi connectivity index (χ3v) is 3.94. The molecule has 0 bridgehead atoms. The maximum absolute atomic E-state index is 12.2. The largest absolute Gasteiger partial charge is 0.346 e. The molecule has 0 saturated heterocycles. The van der Waals surface area contributed by atoms with Gasteiger partial charge in [0.25, 0.3) is 0 Å². The molecule has 0 heterocycles. The Morgan fingerprint density at radius 3 is 2.29 bits per heavy atom. The minimum atomic E-state index is -0.387. The summed E-state index contributed by atoms with van der Waals surface area (Å²) in [6, 6.07) is 0.284. The maximum Gasteiger partial charge on any atom is 0.242 e. The summed E-state index contributed by atoms with van der Waals surface area (Å²) in [6.07, 6.45) is 5.61. The third-order valence-electron chi connectivity index (χ3n) is 3.94. The number of carbonyl (C=O) groups is 3. The Morgan fingerprint density at radius 2 is 1.71 bits per heavy atom. The molecule has 0 unspecified atom stereocenters. The normalized spacial score (nSPS) is 15.4. The summed E-state index contributed by atoms with van der Waals surface area (Å²) in [5.41, 5.74) is 5.14. The average Bonchev–Trinajstić information content (AvgIpc) is 2.51. The molecule has 0 aromatic rings. The van der Waals surface area contributed by atoms with Crippen LogP contribution in [0.15, 0.2) is 0 Å². The highest BCUT2D eigenvalue weighted by molar-refractivity contribution is 5.88. The Kier molecular flexibility index (Phi) is 7.14. The van der Waals surface area contributed by atoms with E-state index in [1.54, 1.807) is 19.0 Å². The van der Waals surface area contributed by atoms with Crippen molar-refractivity contribution in [1.29, 1.82) is 0 Å². The van der Waals surface area contributed by atoms with Crippen LogP contribution in [0, 0.1) is 0 Å². The summed E-state index contributed by atoms with van der Waals surface area (Å²) in [5, 5.41) is 2.40. The fraction of sp³-hybridized carbons (Fsp3) is 0.786. The fourth-order valence-corrected chi connectivity index (χ4v) is 2.46. The van der Waals surface area contributed by atoms with Crippen LogP contribution < -0.4 is 11.1 Å². The van der Waals surface area contributed by atoms with Gasteiger partial charge in [-0.05, 0) is 12.8 Å². The summed E-state index contributed by atoms with van der Waals surface area (Å²) in [5.74, 6) is -0.757. The second kappa shape index (κ2) is 8.61. The molecule has 0 aliphatic heterocycles. The van der Waals surface area contributed by atoms with E-state index in [2.05, 4.69) is 5.32 Å². The number of hydrogen-bond acceptors (Lipinski definition) is 4. The number of nitrogens with zero attached hydrogens (tertiary/aromatic N) is 2. The summed E-state index contributed by atoms with van der Waals surface area (Å²) >= 11 is 0. The zero-order valence-corrected chi connectivity index (χ0v) is 12.9. The van der Waals surface area contributed by atoms with Gasteiger partial charge in [0.05, 0.1) is 19.6 Å². The Morgan fingerprint density at radius 1 is 1.10 bits per heavy atom. The smallest absolute Gasteiger partial charge is 0.242 e. The topological polar surface area (TPSA) is 95.7 Å². The van der Waals surface area contributed by atoms with Crippen molar-refractivity contribution < 1.29 is 14.4 Å². The first kappa shape index (κ1) is 17.4. The van der Waals surface area contributed by atoms with Gasteiger partial charge in [-0.25, -0.2) is 0 Å². The molecule has 1 fully saturated rings. The van der Waals surface area contributed by atoms with Crippen molar-refractivity contribution in [2.24, 2.45) is 5.73 Å². The zero-order valence-electron chi connectivity index (χ0n) is 12.9. The van der Waals surface area contributed by atoms with Gasteiger partial charge >= 0.3 is 0 Å². The highest BCUT2D eigenvalue weighted by atomic mass is 16.2. The first-order chi connectivity index (χ1) is 9.95. The van der Waals surface area contributed by atoms with E-state index in [9.17, 15) is 14.4 Å². The van der Waals surface area contributed by atoms with Gasteiger partial charge in [0.1, 0.15) is 0 Å². The Balaban J connectivity index is 2.37. The summed E-state index contributed by atoms with van der Waals surface area (Å²) < 4.78 is 0. The molecular formula is C14H26N4O3. The van der Waals surface area contributed by atoms with Crippen molar-refractivity contribution in [3.8, 4) is 0 Å². The number of likely N-dealkylation sites (N-methyl/N-ethyl adjacent to an activating group) is 2. The lowest BCUT2D eigenvalue weighted by atomic mass is 9.94. The molecule has 0 spiro atoms. The van der Waals surface area contributed by atoms with E-state index in [-0.39, 0.29) is 43.4 Å². The first-order valence-corrected chi connectivity index (χ1v) is 7.42. The molecule has 1 saturated carbocycles. The first-order valence-electron chi connectivity index (χ1n) is 7.42. The SMILES string of the molecule is CN(CC(=O)N(C)C1CCCCC1)C(=O)CNC(=O)CN. The van der Waals surface area contributed by atoms with E-state index in [0.29, 0.717) is 0 Å². The van der Waals surface area contributed by atoms with Gasteiger partial charge in [-0.1, -0.05) is 19.3 Å². The van der Waals surface area contributed by atoms with Crippen molar-refractivity contribution in [3.05, 3.63) is 0 Å². The minimum absolute atomic E-state index is 0.0321. The molecular weight excluding hydrogens is 272 g/mol. The number of nitrogens with one attached hydrogen (secondary N) is 1. The maximum atomic E-state index is 12.2. The molecule has 3 amide bonds. The van der Waals surface area contributed by atoms with E-state index in [1.165, 1.54) is 11.3 Å². The average molecular weight is 298 g/mol. The van der Waals surface area contributed by atoms with Gasteiger partial charge in [-0.2, -0.15) is 0 Å². The number of carbonyl (C=O) groups excluding carboxylic acids is 3. The molecule has 0 atom stereocenters. The van der Waals surface area contributed by atoms with Crippen LogP contribution in [0.4, 0.5) is 0 Å². The van der Waals surface area contributed by atoms with Crippen LogP contribution in [0.2, 0.25) is 0 Å². The Bertz CT molecular complexity index is 380. The fourth-order valence-electron chi connectivity index (χ4n) is 2.46. The number of hydrogen-bond donors (Lipinski definition) is 2. The van der Waals surface area contributed by atoms with E-state index in [1.807, 2.05) is 0 Å². The van der Waals surface area contributed by atoms with Crippen molar-refractivity contribution in [1.82, 2.24) is 15.1 Å². The number of amides is 3. The molecule has 1 aliphatic rings. The molecule has 7 nitrogen and oxygen atoms in total. The summed E-state index contributed by atoms with van der Waals surface area (Å²) in [6.45, 7) is -0.252. The lowest BCUT2D eigenvalue weighted by Gasteiger charge is -2.32. The number of nitrogens with two attached hydrogens (primary N) is 1. The van der Waals surface area contributed by atoms with Crippen LogP contribution in [-0.2, 0) is 14.4 Å². The van der Waals surface area contributed by atoms with Gasteiger partial charge < -0.3 is 20.9 Å². The highest BCUT2D eigenvalue weighted by Gasteiger charge is 2.23. The second-order valence-corrected chi connectivity index (χ2v) is 5.53. The van der Waals surface area contributed by atoms with E-state index >= 15 is 0 Å². The lowest BCUT2D eigenvalue weighted by molar-refractivity contribution is -0.140. The van der Waals surface area contributed by atoms with E-state index in [4.69, 9.17) is 5.73 Å². The quantitative estimate of drug-likeness (QED) is 0.678. The van der Waals surface area contributed by atoms with Crippen LogP contribution in [0.3, 0.4) is 0 Å². The van der Waals surface area contributed by atoms with Gasteiger partial charge in [0.2, 0.25) is 17.7 Å². The van der Waals surface area contributed by atoms with Gasteiger partial charge in [-0.15, -0.1) is 0 Å². The van der Waals surface area contributed by atoms with Crippen LogP contribution in [0.5, 0.6) is 0 Å². The van der Waals surface area contributed by atoms with E-state index in [0.717, 1.165) is 25.7 Å². The van der Waals surface area contributed by atoms with Crippen molar-refractivity contribution in [2.45, 2.75) is 38.1 Å². The monoisotopic (exact) mass is 298 g/mol. The third kappa shape index (κ3) is 5.71. The van der Waals surface area contributed by atoms with Crippen molar-refractivity contribution in [3.63, 3.8) is 0 Å². The van der Waals surface area contributed by atoms with Crippen LogP contribution in [-0.4, -0.2) is 67.3 Å².